The first-order chi connectivity index (χ1) is 14.7. The molecule has 170 valence electrons. The van der Waals surface area contributed by atoms with Gasteiger partial charge in [-0.2, -0.15) is 0 Å². The number of hydrogen-bond acceptors (Lipinski definition) is 8. The average molecular weight is 434 g/mol. The van der Waals surface area contributed by atoms with Gasteiger partial charge < -0.3 is 14.8 Å². The number of rotatable bonds is 7. The molecule has 31 heavy (non-hydrogen) atoms. The van der Waals surface area contributed by atoms with E-state index in [0.717, 1.165) is 11.8 Å². The number of hydrogen-bond donors (Lipinski definition) is 1. The van der Waals surface area contributed by atoms with E-state index < -0.39 is 10.9 Å². The minimum absolute atomic E-state index is 0.0129. The smallest absolute Gasteiger partial charge is 0.338 e. The van der Waals surface area contributed by atoms with Gasteiger partial charge in [-0.15, -0.1) is 6.58 Å². The molecule has 2 aliphatic rings. The van der Waals surface area contributed by atoms with Crippen LogP contribution in [0.5, 0.6) is 0 Å². The highest BCUT2D eigenvalue weighted by molar-refractivity contribution is 5.90. The zero-order chi connectivity index (χ0) is 23.4. The van der Waals surface area contributed by atoms with E-state index in [2.05, 4.69) is 23.6 Å². The molecular weight excluding hydrogens is 404 g/mol. The molecule has 1 N–H and O–H groups in total. The van der Waals surface area contributed by atoms with Crippen molar-refractivity contribution in [3.05, 3.63) is 52.6 Å². The topological polar surface area (TPSA) is 125 Å². The van der Waals surface area contributed by atoms with Crippen LogP contribution in [0.4, 0.5) is 5.69 Å². The summed E-state index contributed by atoms with van der Waals surface area (Å²) in [4.78, 5) is 42.2. The number of nitro benzene ring substituents is 1. The molecule has 0 amide bonds. The van der Waals surface area contributed by atoms with E-state index in [0.29, 0.717) is 26.0 Å². The van der Waals surface area contributed by atoms with Gasteiger partial charge >= 0.3 is 5.97 Å². The maximum absolute atomic E-state index is 11.9. The second-order valence-electron chi connectivity index (χ2n) is 7.30. The lowest BCUT2D eigenvalue weighted by Crippen LogP contribution is -2.28. The van der Waals surface area contributed by atoms with Crippen LogP contribution < -0.4 is 5.32 Å². The lowest BCUT2D eigenvalue weighted by Gasteiger charge is -2.10. The minimum Gasteiger partial charge on any atom is -0.468 e. The summed E-state index contributed by atoms with van der Waals surface area (Å²) in [7, 11) is 0. The standard InChI is InChI=1S/C13H14N2O5.C6H10.C3H6O2/c1-8(16)12-6-11(7-14-12)20-13(17)9-2-4-10(5-3-9)15(18)19;1-3-6-4-5(6)2;1-2-5-3-4/h2-5,11-12,14H,6-7H2,1H3;3,5-6H,1,4H2,2H3;3H,2H2,1H3. The summed E-state index contributed by atoms with van der Waals surface area (Å²) in [6.45, 7) is 10.5. The van der Waals surface area contributed by atoms with Crippen LogP contribution in [0.25, 0.3) is 0 Å². The van der Waals surface area contributed by atoms with Gasteiger partial charge in [0.15, 0.2) is 0 Å². The van der Waals surface area contributed by atoms with E-state index in [4.69, 9.17) is 4.74 Å². The molecule has 4 unspecified atom stereocenters. The Morgan fingerprint density at radius 2 is 1.90 bits per heavy atom. The summed E-state index contributed by atoms with van der Waals surface area (Å²) in [5.41, 5.74) is 0.169. The SMILES string of the molecule is C=CC1CC1C.CC(=O)C1CC(OC(=O)c2ccc([N+](=O)[O-])cc2)CN1.CCOC=O. The quantitative estimate of drug-likeness (QED) is 0.228. The Labute approximate surface area is 181 Å². The first-order valence-electron chi connectivity index (χ1n) is 10.1. The van der Waals surface area contributed by atoms with E-state index in [9.17, 15) is 24.5 Å². The molecule has 3 rings (SSSR count). The molecule has 0 bridgehead atoms. The molecule has 1 aliphatic carbocycles. The third-order valence-electron chi connectivity index (χ3n) is 4.88. The number of nitrogens with zero attached hydrogens (tertiary/aromatic N) is 1. The van der Waals surface area contributed by atoms with Gasteiger partial charge in [-0.3, -0.25) is 19.7 Å². The van der Waals surface area contributed by atoms with E-state index in [1.54, 1.807) is 6.92 Å². The molecule has 1 aromatic rings. The van der Waals surface area contributed by atoms with Crippen LogP contribution in [0, 0.1) is 22.0 Å². The third-order valence-corrected chi connectivity index (χ3v) is 4.88. The van der Waals surface area contributed by atoms with Crippen molar-refractivity contribution in [2.45, 2.75) is 45.8 Å². The summed E-state index contributed by atoms with van der Waals surface area (Å²) in [6.07, 6.45) is 3.52. The van der Waals surface area contributed by atoms with Gasteiger partial charge in [0.2, 0.25) is 0 Å². The van der Waals surface area contributed by atoms with Crippen molar-refractivity contribution in [3.8, 4) is 0 Å². The van der Waals surface area contributed by atoms with Crippen LogP contribution in [-0.2, 0) is 19.1 Å². The number of allylic oxidation sites excluding steroid dienone is 1. The van der Waals surface area contributed by atoms with Gasteiger partial charge in [0.05, 0.1) is 23.1 Å². The molecule has 1 saturated heterocycles. The van der Waals surface area contributed by atoms with Crippen LogP contribution in [-0.4, -0.2) is 48.4 Å². The zero-order valence-electron chi connectivity index (χ0n) is 18.1. The summed E-state index contributed by atoms with van der Waals surface area (Å²) in [6, 6.07) is 4.94. The number of nitrogens with one attached hydrogen (secondary N) is 1. The highest BCUT2D eigenvalue weighted by Crippen LogP contribution is 2.37. The number of nitro groups is 1. The first-order valence-corrected chi connectivity index (χ1v) is 10.1. The van der Waals surface area contributed by atoms with E-state index in [-0.39, 0.29) is 29.2 Å². The van der Waals surface area contributed by atoms with Crippen LogP contribution in [0.3, 0.4) is 0 Å². The van der Waals surface area contributed by atoms with Crippen molar-refractivity contribution in [2.24, 2.45) is 11.8 Å². The molecule has 0 aromatic heterocycles. The lowest BCUT2D eigenvalue weighted by molar-refractivity contribution is -0.384. The van der Waals surface area contributed by atoms with Crippen molar-refractivity contribution in [1.29, 1.82) is 0 Å². The molecule has 1 aliphatic heterocycles. The van der Waals surface area contributed by atoms with Crippen LogP contribution >= 0.6 is 0 Å². The van der Waals surface area contributed by atoms with Crippen molar-refractivity contribution in [3.63, 3.8) is 0 Å². The summed E-state index contributed by atoms with van der Waals surface area (Å²) in [5.74, 6) is 1.28. The first kappa shape index (κ1) is 26.0. The van der Waals surface area contributed by atoms with Crippen LogP contribution in [0.2, 0.25) is 0 Å². The molecule has 9 nitrogen and oxygen atoms in total. The molecule has 2 fully saturated rings. The highest BCUT2D eigenvalue weighted by Gasteiger charge is 2.30. The normalized spacial score (nSPS) is 23.1. The molecular formula is C22H30N2O7. The van der Waals surface area contributed by atoms with Gasteiger partial charge in [-0.1, -0.05) is 13.0 Å². The second kappa shape index (κ2) is 13.3. The molecule has 1 aromatic carbocycles. The Morgan fingerprint density at radius 3 is 2.23 bits per heavy atom. The van der Waals surface area contributed by atoms with E-state index >= 15 is 0 Å². The van der Waals surface area contributed by atoms with Crippen LogP contribution in [0.15, 0.2) is 36.9 Å². The minimum atomic E-state index is -0.545. The van der Waals surface area contributed by atoms with E-state index in [1.807, 2.05) is 6.08 Å². The molecule has 1 heterocycles. The fourth-order valence-corrected chi connectivity index (χ4v) is 2.79. The number of Topliss-reactive ketones (excluding diaryl/α,β-unsaturated/α-hetero) is 1. The average Bonchev–Trinajstić information content (AvgIpc) is 3.27. The largest absolute Gasteiger partial charge is 0.468 e. The number of non-ortho nitro benzene ring substituents is 1. The predicted octanol–water partition coefficient (Wildman–Crippen LogP) is 3.08. The van der Waals surface area contributed by atoms with Crippen molar-refractivity contribution in [1.82, 2.24) is 5.32 Å². The number of carbonyl (C=O) groups is 3. The van der Waals surface area contributed by atoms with Gasteiger partial charge in [0.25, 0.3) is 12.2 Å². The third kappa shape index (κ3) is 9.52. The molecule has 0 radical (unpaired) electrons. The monoisotopic (exact) mass is 434 g/mol. The summed E-state index contributed by atoms with van der Waals surface area (Å²) in [5, 5.41) is 13.5. The van der Waals surface area contributed by atoms with Gasteiger partial charge in [-0.05, 0) is 44.2 Å². The van der Waals surface area contributed by atoms with Crippen molar-refractivity contribution in [2.75, 3.05) is 13.2 Å². The summed E-state index contributed by atoms with van der Waals surface area (Å²) >= 11 is 0. The lowest BCUT2D eigenvalue weighted by atomic mass is 10.1. The van der Waals surface area contributed by atoms with E-state index in [1.165, 1.54) is 37.6 Å². The Hall–Kier alpha value is -3.07. The van der Waals surface area contributed by atoms with Gasteiger partial charge in [-0.25, -0.2) is 4.79 Å². The molecule has 1 saturated carbocycles. The molecule has 0 spiro atoms. The number of ether oxygens (including phenoxy) is 2. The predicted molar refractivity (Wildman–Crippen MR) is 115 cm³/mol. The van der Waals surface area contributed by atoms with Crippen LogP contribution in [0.1, 0.15) is 44.0 Å². The Balaban J connectivity index is 0.000000357. The fraction of sp³-hybridized carbons (Fsp3) is 0.500. The second-order valence-corrected chi connectivity index (χ2v) is 7.30. The molecule has 4 atom stereocenters. The summed E-state index contributed by atoms with van der Waals surface area (Å²) < 4.78 is 9.41. The number of carbonyl (C=O) groups excluding carboxylic acids is 3. The van der Waals surface area contributed by atoms with Crippen molar-refractivity contribution < 1.29 is 28.8 Å². The Bertz CT molecular complexity index is 764. The number of benzene rings is 1. The zero-order valence-corrected chi connectivity index (χ0v) is 18.1. The molecule has 9 heteroatoms. The van der Waals surface area contributed by atoms with Crippen molar-refractivity contribution >= 4 is 23.9 Å². The maximum atomic E-state index is 11.9. The fourth-order valence-electron chi connectivity index (χ4n) is 2.79. The Morgan fingerprint density at radius 1 is 1.29 bits per heavy atom. The van der Waals surface area contributed by atoms with Gasteiger partial charge in [0, 0.05) is 25.1 Å². The number of esters is 1. The Kier molecular flexibility index (Phi) is 11.1. The number of ketones is 1. The maximum Gasteiger partial charge on any atom is 0.338 e. The van der Waals surface area contributed by atoms with Gasteiger partial charge in [0.1, 0.15) is 11.9 Å². The highest BCUT2D eigenvalue weighted by atomic mass is 16.6.